The van der Waals surface area contributed by atoms with Gasteiger partial charge in [0.1, 0.15) is 11.5 Å². The summed E-state index contributed by atoms with van der Waals surface area (Å²) in [6.45, 7) is 0. The SMILES string of the molecule is N#Cc1ccc(NC(=O)c2ccc(Nc3ccc(F)cc3)cn2)cc1. The highest BCUT2D eigenvalue weighted by molar-refractivity contribution is 6.03. The van der Waals surface area contributed by atoms with E-state index in [2.05, 4.69) is 15.6 Å². The molecule has 1 heterocycles. The zero-order valence-electron chi connectivity index (χ0n) is 13.0. The van der Waals surface area contributed by atoms with E-state index in [1.54, 1.807) is 48.5 Å². The molecule has 122 valence electrons. The highest BCUT2D eigenvalue weighted by Gasteiger charge is 2.08. The number of rotatable bonds is 4. The number of nitrogens with zero attached hydrogens (tertiary/aromatic N) is 2. The van der Waals surface area contributed by atoms with E-state index in [-0.39, 0.29) is 17.4 Å². The number of carbonyl (C=O) groups is 1. The van der Waals surface area contributed by atoms with Crippen LogP contribution in [0.4, 0.5) is 21.5 Å². The third-order valence-corrected chi connectivity index (χ3v) is 3.40. The van der Waals surface area contributed by atoms with E-state index in [1.807, 2.05) is 6.07 Å². The molecule has 0 radical (unpaired) electrons. The van der Waals surface area contributed by atoms with Gasteiger partial charge in [0.05, 0.1) is 23.5 Å². The Morgan fingerprint density at radius 2 is 1.56 bits per heavy atom. The third-order valence-electron chi connectivity index (χ3n) is 3.40. The van der Waals surface area contributed by atoms with E-state index >= 15 is 0 Å². The van der Waals surface area contributed by atoms with Crippen molar-refractivity contribution in [3.8, 4) is 6.07 Å². The summed E-state index contributed by atoms with van der Waals surface area (Å²) in [6, 6.07) is 17.8. The maximum atomic E-state index is 12.9. The van der Waals surface area contributed by atoms with Crippen molar-refractivity contribution < 1.29 is 9.18 Å². The lowest BCUT2D eigenvalue weighted by Crippen LogP contribution is -2.13. The third kappa shape index (κ3) is 4.18. The van der Waals surface area contributed by atoms with Crippen LogP contribution in [0.1, 0.15) is 16.1 Å². The monoisotopic (exact) mass is 332 g/mol. The van der Waals surface area contributed by atoms with E-state index in [4.69, 9.17) is 5.26 Å². The molecule has 0 spiro atoms. The second-order valence-electron chi connectivity index (χ2n) is 5.21. The van der Waals surface area contributed by atoms with Crippen LogP contribution in [0.2, 0.25) is 0 Å². The van der Waals surface area contributed by atoms with Crippen molar-refractivity contribution in [1.82, 2.24) is 4.98 Å². The van der Waals surface area contributed by atoms with Crippen LogP contribution in [0.3, 0.4) is 0 Å². The van der Waals surface area contributed by atoms with Crippen molar-refractivity contribution in [3.05, 3.63) is 83.9 Å². The fraction of sp³-hybridized carbons (Fsp3) is 0. The lowest BCUT2D eigenvalue weighted by Gasteiger charge is -2.08. The fourth-order valence-corrected chi connectivity index (χ4v) is 2.13. The smallest absolute Gasteiger partial charge is 0.274 e. The van der Waals surface area contributed by atoms with Gasteiger partial charge in [-0.15, -0.1) is 0 Å². The summed E-state index contributed by atoms with van der Waals surface area (Å²) in [7, 11) is 0. The molecule has 0 saturated carbocycles. The van der Waals surface area contributed by atoms with Gasteiger partial charge in [-0.2, -0.15) is 5.26 Å². The Morgan fingerprint density at radius 1 is 0.920 bits per heavy atom. The van der Waals surface area contributed by atoms with E-state index in [9.17, 15) is 9.18 Å². The number of hydrogen-bond acceptors (Lipinski definition) is 4. The molecule has 0 unspecified atom stereocenters. The highest BCUT2D eigenvalue weighted by atomic mass is 19.1. The Morgan fingerprint density at radius 3 is 2.16 bits per heavy atom. The van der Waals surface area contributed by atoms with Crippen LogP contribution in [0.25, 0.3) is 0 Å². The average Bonchev–Trinajstić information content (AvgIpc) is 2.65. The van der Waals surface area contributed by atoms with Crippen molar-refractivity contribution in [2.24, 2.45) is 0 Å². The molecule has 0 aliphatic carbocycles. The molecule has 0 bridgehead atoms. The van der Waals surface area contributed by atoms with E-state index in [0.29, 0.717) is 16.9 Å². The molecule has 0 saturated heterocycles. The van der Waals surface area contributed by atoms with Crippen LogP contribution >= 0.6 is 0 Å². The lowest BCUT2D eigenvalue weighted by molar-refractivity contribution is 0.102. The predicted octanol–water partition coefficient (Wildman–Crippen LogP) is 4.09. The summed E-state index contributed by atoms with van der Waals surface area (Å²) in [5, 5.41) is 14.5. The number of halogens is 1. The molecule has 5 nitrogen and oxygen atoms in total. The Hall–Kier alpha value is -3.72. The van der Waals surface area contributed by atoms with Crippen molar-refractivity contribution >= 4 is 23.0 Å². The van der Waals surface area contributed by atoms with Gasteiger partial charge in [-0.3, -0.25) is 4.79 Å². The summed E-state index contributed by atoms with van der Waals surface area (Å²) in [6.07, 6.45) is 1.52. The van der Waals surface area contributed by atoms with Crippen molar-refractivity contribution in [3.63, 3.8) is 0 Å². The van der Waals surface area contributed by atoms with Crippen molar-refractivity contribution in [1.29, 1.82) is 5.26 Å². The van der Waals surface area contributed by atoms with Crippen LogP contribution in [0, 0.1) is 17.1 Å². The van der Waals surface area contributed by atoms with Gasteiger partial charge in [0, 0.05) is 11.4 Å². The normalized spacial score (nSPS) is 9.92. The molecule has 2 N–H and O–H groups in total. The maximum absolute atomic E-state index is 12.9. The second-order valence-corrected chi connectivity index (χ2v) is 5.21. The first kappa shape index (κ1) is 16.1. The molecule has 25 heavy (non-hydrogen) atoms. The highest BCUT2D eigenvalue weighted by Crippen LogP contribution is 2.17. The topological polar surface area (TPSA) is 77.8 Å². The number of anilines is 3. The first-order valence-corrected chi connectivity index (χ1v) is 7.44. The first-order valence-electron chi connectivity index (χ1n) is 7.44. The predicted molar refractivity (Wildman–Crippen MR) is 93.0 cm³/mol. The average molecular weight is 332 g/mol. The van der Waals surface area contributed by atoms with E-state index in [0.717, 1.165) is 5.69 Å². The lowest BCUT2D eigenvalue weighted by atomic mass is 10.2. The Labute approximate surface area is 143 Å². The van der Waals surface area contributed by atoms with Crippen LogP contribution in [-0.4, -0.2) is 10.9 Å². The summed E-state index contributed by atoms with van der Waals surface area (Å²) in [5.41, 5.74) is 2.76. The summed E-state index contributed by atoms with van der Waals surface area (Å²) in [4.78, 5) is 16.3. The Balaban J connectivity index is 1.65. The fourth-order valence-electron chi connectivity index (χ4n) is 2.13. The quantitative estimate of drug-likeness (QED) is 0.754. The summed E-state index contributed by atoms with van der Waals surface area (Å²) >= 11 is 0. The van der Waals surface area contributed by atoms with E-state index < -0.39 is 0 Å². The number of amides is 1. The first-order chi connectivity index (χ1) is 12.1. The van der Waals surface area contributed by atoms with Gasteiger partial charge in [0.2, 0.25) is 0 Å². The van der Waals surface area contributed by atoms with Crippen LogP contribution in [0.15, 0.2) is 66.9 Å². The van der Waals surface area contributed by atoms with Crippen LogP contribution < -0.4 is 10.6 Å². The van der Waals surface area contributed by atoms with Crippen LogP contribution in [0.5, 0.6) is 0 Å². The minimum atomic E-state index is -0.349. The number of aromatic nitrogens is 1. The summed E-state index contributed by atoms with van der Waals surface area (Å²) in [5.74, 6) is -0.656. The number of nitriles is 1. The molecular weight excluding hydrogens is 319 g/mol. The van der Waals surface area contributed by atoms with Gasteiger partial charge in [-0.25, -0.2) is 9.37 Å². The van der Waals surface area contributed by atoms with Crippen molar-refractivity contribution in [2.45, 2.75) is 0 Å². The van der Waals surface area contributed by atoms with Gasteiger partial charge in [0.15, 0.2) is 0 Å². The molecule has 0 aliphatic rings. The molecule has 0 aliphatic heterocycles. The second kappa shape index (κ2) is 7.23. The largest absolute Gasteiger partial charge is 0.354 e. The molecule has 6 heteroatoms. The maximum Gasteiger partial charge on any atom is 0.274 e. The van der Waals surface area contributed by atoms with Gasteiger partial charge in [0.25, 0.3) is 5.91 Å². The van der Waals surface area contributed by atoms with Crippen LogP contribution in [-0.2, 0) is 0 Å². The summed E-state index contributed by atoms with van der Waals surface area (Å²) < 4.78 is 12.9. The number of nitrogens with one attached hydrogen (secondary N) is 2. The molecule has 1 aromatic heterocycles. The Kier molecular flexibility index (Phi) is 4.67. The Bertz CT molecular complexity index is 914. The number of carbonyl (C=O) groups excluding carboxylic acids is 1. The van der Waals surface area contributed by atoms with Gasteiger partial charge in [-0.05, 0) is 60.7 Å². The molecule has 2 aromatic carbocycles. The molecule has 0 fully saturated rings. The van der Waals surface area contributed by atoms with Gasteiger partial charge < -0.3 is 10.6 Å². The number of benzene rings is 2. The molecule has 3 aromatic rings. The zero-order chi connectivity index (χ0) is 17.6. The van der Waals surface area contributed by atoms with E-state index in [1.165, 1.54) is 18.3 Å². The van der Waals surface area contributed by atoms with Crippen molar-refractivity contribution in [2.75, 3.05) is 10.6 Å². The minimum absolute atomic E-state index is 0.258. The molecule has 3 rings (SSSR count). The number of pyridine rings is 1. The van der Waals surface area contributed by atoms with Gasteiger partial charge >= 0.3 is 0 Å². The molecular formula is C19H13FN4O. The molecule has 1 amide bonds. The minimum Gasteiger partial charge on any atom is -0.354 e. The van der Waals surface area contributed by atoms with Gasteiger partial charge in [-0.1, -0.05) is 0 Å². The standard InChI is InChI=1S/C19H13FN4O/c20-14-3-7-15(8-4-14)23-17-9-10-18(22-12-17)19(25)24-16-5-1-13(11-21)2-6-16/h1-10,12,23H,(H,24,25). The molecule has 0 atom stereocenters. The number of hydrogen-bond donors (Lipinski definition) is 2. The zero-order valence-corrected chi connectivity index (χ0v) is 13.0.